The van der Waals surface area contributed by atoms with E-state index in [2.05, 4.69) is 75.7 Å². The van der Waals surface area contributed by atoms with Crippen LogP contribution in [0.4, 0.5) is 0 Å². The molecule has 0 aliphatic carbocycles. The number of amides is 13. The molecule has 13 amide bonds. The smallest absolute Gasteiger partial charge is 0.303 e. The Morgan fingerprint density at radius 2 is 0.762 bits per heavy atom. The van der Waals surface area contributed by atoms with Gasteiger partial charge in [-0.15, -0.1) is 0 Å². The Hall–Kier alpha value is -8.31. The number of carboxylic acid groups (broad SMARTS) is 1. The molecule has 0 spiro atoms. The lowest BCUT2D eigenvalue weighted by Crippen LogP contribution is -2.60. The van der Waals surface area contributed by atoms with Gasteiger partial charge < -0.3 is 108 Å². The first-order chi connectivity index (χ1) is 49.7. The van der Waals surface area contributed by atoms with Gasteiger partial charge in [0.05, 0.1) is 25.8 Å². The van der Waals surface area contributed by atoms with Gasteiger partial charge in [0.2, 0.25) is 76.8 Å². The van der Waals surface area contributed by atoms with Gasteiger partial charge in [0.25, 0.3) is 0 Å². The number of unbranched alkanes of at least 4 members (excludes halogenated alkanes) is 13. The third-order valence-electron chi connectivity index (χ3n) is 17.0. The Kier molecular flexibility index (Phi) is 51.6. The van der Waals surface area contributed by atoms with Gasteiger partial charge in [-0.05, 0) is 115 Å². The van der Waals surface area contributed by atoms with Crippen molar-refractivity contribution in [3.63, 3.8) is 0 Å². The molecule has 35 nitrogen and oxygen atoms in total. The summed E-state index contributed by atoms with van der Waals surface area (Å²) in [5.74, 6) is -13.7. The van der Waals surface area contributed by atoms with Crippen molar-refractivity contribution in [3.8, 4) is 0 Å². The number of carboxylic acids is 1. The van der Waals surface area contributed by atoms with Gasteiger partial charge in [0, 0.05) is 19.4 Å². The number of hydrogen-bond donors (Lipinski definition) is 20. The molecule has 11 unspecified atom stereocenters. The zero-order chi connectivity index (χ0) is 79.6. The van der Waals surface area contributed by atoms with E-state index in [1.54, 1.807) is 48.5 Å². The summed E-state index contributed by atoms with van der Waals surface area (Å²) in [4.78, 5) is 192. The van der Waals surface area contributed by atoms with Crippen LogP contribution in [0.3, 0.4) is 0 Å². The summed E-state index contributed by atoms with van der Waals surface area (Å²) >= 11 is 0. The number of nitrogens with zero attached hydrogens (tertiary/aromatic N) is 1. The first-order valence-corrected chi connectivity index (χ1v) is 37.5. The molecular formula is C70H130N18O17. The summed E-state index contributed by atoms with van der Waals surface area (Å²) in [7, 11) is 0. The Balaban J connectivity index is 6.18. The van der Waals surface area contributed by atoms with E-state index in [-0.39, 0.29) is 95.2 Å². The van der Waals surface area contributed by atoms with Crippen LogP contribution in [0.2, 0.25) is 0 Å². The molecule has 25 N–H and O–H groups in total. The highest BCUT2D eigenvalue weighted by Crippen LogP contribution is 2.16. The molecule has 105 heavy (non-hydrogen) atoms. The lowest BCUT2D eigenvalue weighted by Gasteiger charge is -2.28. The zero-order valence-corrected chi connectivity index (χ0v) is 63.6. The monoisotopic (exact) mass is 1490 g/mol. The van der Waals surface area contributed by atoms with Crippen molar-refractivity contribution in [1.82, 2.24) is 63.8 Å². The summed E-state index contributed by atoms with van der Waals surface area (Å²) in [5, 5.41) is 59.7. The lowest BCUT2D eigenvalue weighted by atomic mass is 9.99. The molecule has 0 saturated carbocycles. The van der Waals surface area contributed by atoms with E-state index >= 15 is 0 Å². The molecule has 0 aromatic rings. The molecule has 0 aliphatic heterocycles. The predicted octanol–water partition coefficient (Wildman–Crippen LogP) is -1.65. The molecule has 0 radical (unpaired) electrons. The first-order valence-electron chi connectivity index (χ1n) is 37.5. The molecule has 0 bridgehead atoms. The lowest BCUT2D eigenvalue weighted by molar-refractivity contribution is -0.139. The Labute approximate surface area is 619 Å². The molecule has 35 heteroatoms. The maximum atomic E-state index is 14.3. The molecule has 0 aromatic heterocycles. The number of rotatable bonds is 60. The topological polar surface area (TPSA) is 586 Å². The average Bonchev–Trinajstić information content (AvgIpc) is 0.867. The van der Waals surface area contributed by atoms with E-state index in [0.717, 1.165) is 25.7 Å². The largest absolute Gasteiger partial charge is 0.481 e. The third-order valence-corrected chi connectivity index (χ3v) is 17.0. The van der Waals surface area contributed by atoms with Gasteiger partial charge in [-0.3, -0.25) is 72.1 Å². The summed E-state index contributed by atoms with van der Waals surface area (Å²) in [6.45, 7) is 13.5. The van der Waals surface area contributed by atoms with Crippen molar-refractivity contribution in [2.45, 2.75) is 296 Å². The minimum Gasteiger partial charge on any atom is -0.481 e. The van der Waals surface area contributed by atoms with Crippen LogP contribution in [0.15, 0.2) is 4.99 Å². The number of guanidine groups is 1. The van der Waals surface area contributed by atoms with E-state index in [1.165, 1.54) is 58.3 Å². The minimum atomic E-state index is -1.63. The second kappa shape index (κ2) is 56.1. The summed E-state index contributed by atoms with van der Waals surface area (Å²) in [6, 6.07) is -13.8. The van der Waals surface area contributed by atoms with Crippen molar-refractivity contribution < 1.29 is 82.4 Å². The number of primary amides is 1. The Bertz CT molecular complexity index is 2720. The molecule has 0 aliphatic rings. The van der Waals surface area contributed by atoms with Crippen molar-refractivity contribution in [2.24, 2.45) is 51.4 Å². The average molecular weight is 1500 g/mol. The SMILES string of the molecule is CCCCCCCCCCCCCCCC(=O)NC(CO)C(=O)NCC(=O)NC(CCCN)C(=O)NC(C(=O)NC(CC(C)C)C(=O)NCC(=O)NC(CC)C(=O)NC(CCCCN)C(=O)NC(CC(C)C)C(=O)NC(CCCN=C(N)N)C(=O)NC(CCC(=O)O)C(=O)NC(C(N)=O)C(C)O)C(C)C. The molecule has 0 fully saturated rings. The fourth-order valence-electron chi connectivity index (χ4n) is 11.1. The Morgan fingerprint density at radius 1 is 0.381 bits per heavy atom. The summed E-state index contributed by atoms with van der Waals surface area (Å²) in [6.07, 6.45) is 13.2. The van der Waals surface area contributed by atoms with E-state index in [9.17, 15) is 82.4 Å². The molecule has 0 heterocycles. The molecule has 11 atom stereocenters. The van der Waals surface area contributed by atoms with Crippen LogP contribution in [0.25, 0.3) is 0 Å². The molecule has 0 saturated heterocycles. The van der Waals surface area contributed by atoms with Crippen LogP contribution in [0.1, 0.15) is 229 Å². The van der Waals surface area contributed by atoms with E-state index in [1.807, 2.05) is 0 Å². The minimum absolute atomic E-state index is 0.000332. The van der Waals surface area contributed by atoms with Gasteiger partial charge in [0.1, 0.15) is 60.4 Å². The van der Waals surface area contributed by atoms with Crippen LogP contribution >= 0.6 is 0 Å². The highest BCUT2D eigenvalue weighted by atomic mass is 16.4. The number of aliphatic imine (C=N–C) groups is 1. The van der Waals surface area contributed by atoms with Gasteiger partial charge in [-0.2, -0.15) is 0 Å². The van der Waals surface area contributed by atoms with E-state index < -0.39 is 188 Å². The number of aliphatic hydroxyl groups is 2. The molecule has 0 aromatic carbocycles. The normalized spacial score (nSPS) is 14.4. The summed E-state index contributed by atoms with van der Waals surface area (Å²) in [5.41, 5.74) is 27.9. The quantitative estimate of drug-likeness (QED) is 0.0184. The van der Waals surface area contributed by atoms with Gasteiger partial charge in [-0.1, -0.05) is 132 Å². The second-order valence-electron chi connectivity index (χ2n) is 27.9. The van der Waals surface area contributed by atoms with Crippen LogP contribution in [-0.4, -0.2) is 210 Å². The van der Waals surface area contributed by atoms with Crippen molar-refractivity contribution in [1.29, 1.82) is 0 Å². The standard InChI is InChI=1S/C70H130N18O17/c1-10-12-13-14-15-16-17-18-19-20-21-22-23-31-54(91)81-53(41-89)62(98)78-40-56(93)80-47(29-26-35-72)66(102)87-58(44(7)8)69(105)86-51(37-42(3)4)61(97)77-39-55(92)79-46(11-2)63(99)82-48(28-24-25-34-71)65(101)85-52(38-43(5)6)68(104)83-49(30-27-36-76-70(74)75)64(100)84-50(32-33-57(94)95)67(103)88-59(45(9)90)60(73)96/h42-53,58-59,89-90H,10-41,71-72H2,1-9H3,(H2,73,96)(H,77,97)(H,78,98)(H,79,92)(H,80,93)(H,81,91)(H,82,99)(H,83,104)(H,84,100)(H,85,101)(H,86,105)(H,87,102)(H,88,103)(H,94,95)(H4,74,75,76). The van der Waals surface area contributed by atoms with E-state index in [0.29, 0.717) is 19.3 Å². The van der Waals surface area contributed by atoms with Crippen molar-refractivity contribution >= 4 is 88.7 Å². The molecular weight excluding hydrogens is 1360 g/mol. The van der Waals surface area contributed by atoms with Gasteiger partial charge in [-0.25, -0.2) is 0 Å². The van der Waals surface area contributed by atoms with Crippen LogP contribution in [-0.2, 0) is 67.1 Å². The fourth-order valence-corrected chi connectivity index (χ4v) is 11.1. The van der Waals surface area contributed by atoms with Crippen molar-refractivity contribution in [3.05, 3.63) is 0 Å². The number of aliphatic carboxylic acids is 1. The summed E-state index contributed by atoms with van der Waals surface area (Å²) < 4.78 is 0. The predicted molar refractivity (Wildman–Crippen MR) is 396 cm³/mol. The zero-order valence-electron chi connectivity index (χ0n) is 63.6. The second-order valence-corrected chi connectivity index (χ2v) is 27.9. The van der Waals surface area contributed by atoms with Gasteiger partial charge in [0.15, 0.2) is 5.96 Å². The number of carbonyl (C=O) groups excluding carboxylic acids is 13. The highest BCUT2D eigenvalue weighted by molar-refractivity contribution is 5.99. The Morgan fingerprint density at radius 3 is 1.20 bits per heavy atom. The number of nitrogens with one attached hydrogen (secondary N) is 12. The van der Waals surface area contributed by atoms with Crippen LogP contribution in [0, 0.1) is 17.8 Å². The van der Waals surface area contributed by atoms with Gasteiger partial charge >= 0.3 is 5.97 Å². The number of aliphatic hydroxyl groups excluding tert-OH is 2. The fraction of sp³-hybridized carbons (Fsp3) is 0.786. The molecule has 0 rings (SSSR count). The number of hydrogen-bond acceptors (Lipinski definition) is 19. The maximum Gasteiger partial charge on any atom is 0.303 e. The third kappa shape index (κ3) is 44.3. The van der Waals surface area contributed by atoms with Crippen molar-refractivity contribution in [2.75, 3.05) is 39.3 Å². The molecule has 602 valence electrons. The van der Waals surface area contributed by atoms with Crippen LogP contribution < -0.4 is 92.5 Å². The highest BCUT2D eigenvalue weighted by Gasteiger charge is 2.36. The van der Waals surface area contributed by atoms with Crippen LogP contribution in [0.5, 0.6) is 0 Å². The number of carbonyl (C=O) groups is 14. The maximum absolute atomic E-state index is 14.3. The first kappa shape index (κ1) is 96.7. The number of nitrogens with two attached hydrogens (primary N) is 5. The van der Waals surface area contributed by atoms with E-state index in [4.69, 9.17) is 28.7 Å².